The molecule has 0 spiro atoms. The van der Waals surface area contributed by atoms with Crippen LogP contribution in [0.5, 0.6) is 0 Å². The summed E-state index contributed by atoms with van der Waals surface area (Å²) in [6, 6.07) is 15.4. The summed E-state index contributed by atoms with van der Waals surface area (Å²) in [6.07, 6.45) is 0. The minimum Gasteiger partial charge on any atom is -0.390 e. The Morgan fingerprint density at radius 3 is 2.52 bits per heavy atom. The van der Waals surface area contributed by atoms with Crippen LogP contribution in [-0.4, -0.2) is 26.2 Å². The van der Waals surface area contributed by atoms with Gasteiger partial charge in [0.25, 0.3) is 5.91 Å². The van der Waals surface area contributed by atoms with E-state index < -0.39 is 0 Å². The average Bonchev–Trinajstić information content (AvgIpc) is 3.11. The minimum absolute atomic E-state index is 0.139. The van der Waals surface area contributed by atoms with Gasteiger partial charge in [-0.05, 0) is 62.7 Å². The number of aliphatic hydroxyl groups excluding tert-OH is 1. The number of carbonyl (C=O) groups excluding carboxylic acids is 1. The number of aromatic amines is 1. The number of aliphatic hydroxyl groups is 1. The van der Waals surface area contributed by atoms with Crippen molar-refractivity contribution in [2.75, 3.05) is 5.32 Å². The first-order valence-electron chi connectivity index (χ1n) is 9.40. The fourth-order valence-electron chi connectivity index (χ4n) is 3.51. The van der Waals surface area contributed by atoms with Gasteiger partial charge in [0, 0.05) is 22.2 Å². The van der Waals surface area contributed by atoms with Gasteiger partial charge < -0.3 is 10.4 Å². The van der Waals surface area contributed by atoms with Crippen molar-refractivity contribution in [3.8, 4) is 11.3 Å². The van der Waals surface area contributed by atoms with E-state index in [1.807, 2.05) is 69.3 Å². The number of aromatic nitrogens is 3. The Kier molecular flexibility index (Phi) is 4.86. The molecule has 2 heterocycles. The maximum Gasteiger partial charge on any atom is 0.255 e. The van der Waals surface area contributed by atoms with E-state index in [1.165, 1.54) is 0 Å². The number of amides is 1. The maximum absolute atomic E-state index is 12.7. The zero-order valence-corrected chi connectivity index (χ0v) is 16.6. The molecule has 0 unspecified atom stereocenters. The molecule has 29 heavy (non-hydrogen) atoms. The number of anilines is 1. The third-order valence-electron chi connectivity index (χ3n) is 4.91. The number of nitrogens with one attached hydrogen (secondary N) is 2. The quantitative estimate of drug-likeness (QED) is 0.488. The zero-order valence-electron chi connectivity index (χ0n) is 16.6. The molecule has 0 aliphatic carbocycles. The first kappa shape index (κ1) is 18.8. The highest BCUT2D eigenvalue weighted by molar-refractivity contribution is 6.04. The van der Waals surface area contributed by atoms with Crippen molar-refractivity contribution in [2.24, 2.45) is 0 Å². The summed E-state index contributed by atoms with van der Waals surface area (Å²) in [5.41, 5.74) is 7.38. The lowest BCUT2D eigenvalue weighted by Gasteiger charge is -2.11. The predicted octanol–water partition coefficient (Wildman–Crippen LogP) is 4.29. The van der Waals surface area contributed by atoms with Gasteiger partial charge in [-0.1, -0.05) is 23.3 Å². The molecule has 0 atom stereocenters. The number of pyridine rings is 1. The lowest BCUT2D eigenvalue weighted by molar-refractivity contribution is 0.102. The summed E-state index contributed by atoms with van der Waals surface area (Å²) < 4.78 is 0. The molecular formula is C23H22N4O2. The molecule has 0 fully saturated rings. The van der Waals surface area contributed by atoms with Crippen molar-refractivity contribution < 1.29 is 9.90 Å². The van der Waals surface area contributed by atoms with Crippen molar-refractivity contribution in [3.05, 3.63) is 76.5 Å². The van der Waals surface area contributed by atoms with E-state index in [2.05, 4.69) is 20.5 Å². The molecule has 0 aliphatic heterocycles. The molecule has 2 aromatic carbocycles. The van der Waals surface area contributed by atoms with E-state index in [0.717, 1.165) is 33.3 Å². The van der Waals surface area contributed by atoms with Gasteiger partial charge in [0.1, 0.15) is 0 Å². The standard InChI is InChI=1S/C23H22N4O2/c1-13-8-14(2)10-16(9-13)23(29)24-17-5-4-15(3)19(11-17)20-7-6-18-21(12-28)26-27-22(18)25-20/h4-11,28H,12H2,1-3H3,(H,24,29)(H,25,26,27). The smallest absolute Gasteiger partial charge is 0.255 e. The Bertz CT molecular complexity index is 1210. The highest BCUT2D eigenvalue weighted by Crippen LogP contribution is 2.27. The van der Waals surface area contributed by atoms with Crippen LogP contribution in [0, 0.1) is 20.8 Å². The Morgan fingerprint density at radius 2 is 1.79 bits per heavy atom. The van der Waals surface area contributed by atoms with E-state index in [4.69, 9.17) is 0 Å². The molecule has 146 valence electrons. The van der Waals surface area contributed by atoms with Crippen LogP contribution in [0.25, 0.3) is 22.3 Å². The number of carbonyl (C=O) groups is 1. The SMILES string of the molecule is Cc1cc(C)cc(C(=O)Nc2ccc(C)c(-c3ccc4c(CO)n[nH]c4n3)c2)c1. The van der Waals surface area contributed by atoms with Crippen LogP contribution in [-0.2, 0) is 6.61 Å². The second-order valence-electron chi connectivity index (χ2n) is 7.28. The van der Waals surface area contributed by atoms with Crippen LogP contribution < -0.4 is 5.32 Å². The molecule has 0 bridgehead atoms. The number of hydrogen-bond acceptors (Lipinski definition) is 4. The summed E-state index contributed by atoms with van der Waals surface area (Å²) >= 11 is 0. The number of benzene rings is 2. The van der Waals surface area contributed by atoms with Crippen LogP contribution >= 0.6 is 0 Å². The Hall–Kier alpha value is -3.51. The van der Waals surface area contributed by atoms with Crippen molar-refractivity contribution in [3.63, 3.8) is 0 Å². The molecule has 0 saturated heterocycles. The summed E-state index contributed by atoms with van der Waals surface area (Å²) in [4.78, 5) is 17.3. The van der Waals surface area contributed by atoms with Gasteiger partial charge in [-0.25, -0.2) is 4.98 Å². The van der Waals surface area contributed by atoms with Gasteiger partial charge in [-0.2, -0.15) is 5.10 Å². The second kappa shape index (κ2) is 7.48. The van der Waals surface area contributed by atoms with Crippen LogP contribution in [0.2, 0.25) is 0 Å². The van der Waals surface area contributed by atoms with Crippen molar-refractivity contribution in [2.45, 2.75) is 27.4 Å². The van der Waals surface area contributed by atoms with E-state index in [9.17, 15) is 9.90 Å². The van der Waals surface area contributed by atoms with Crippen LogP contribution in [0.3, 0.4) is 0 Å². The molecule has 0 radical (unpaired) electrons. The fraction of sp³-hybridized carbons (Fsp3) is 0.174. The van der Waals surface area contributed by atoms with Crippen molar-refractivity contribution in [1.29, 1.82) is 0 Å². The maximum atomic E-state index is 12.7. The van der Waals surface area contributed by atoms with Gasteiger partial charge in [-0.3, -0.25) is 9.89 Å². The fourth-order valence-corrected chi connectivity index (χ4v) is 3.51. The average molecular weight is 386 g/mol. The molecular weight excluding hydrogens is 364 g/mol. The molecule has 0 saturated carbocycles. The monoisotopic (exact) mass is 386 g/mol. The van der Waals surface area contributed by atoms with Crippen LogP contribution in [0.4, 0.5) is 5.69 Å². The van der Waals surface area contributed by atoms with Crippen molar-refractivity contribution >= 4 is 22.6 Å². The normalized spacial score (nSPS) is 11.0. The van der Waals surface area contributed by atoms with Gasteiger partial charge in [0.05, 0.1) is 18.0 Å². The lowest BCUT2D eigenvalue weighted by Crippen LogP contribution is -2.12. The molecule has 6 nitrogen and oxygen atoms in total. The largest absolute Gasteiger partial charge is 0.390 e. The number of aryl methyl sites for hydroxylation is 3. The number of H-pyrrole nitrogens is 1. The van der Waals surface area contributed by atoms with Crippen LogP contribution in [0.1, 0.15) is 32.7 Å². The van der Waals surface area contributed by atoms with Gasteiger partial charge >= 0.3 is 0 Å². The third kappa shape index (κ3) is 3.75. The summed E-state index contributed by atoms with van der Waals surface area (Å²) in [6.45, 7) is 5.82. The lowest BCUT2D eigenvalue weighted by atomic mass is 10.0. The first-order valence-corrected chi connectivity index (χ1v) is 9.40. The predicted molar refractivity (Wildman–Crippen MR) is 114 cm³/mol. The number of fused-ring (bicyclic) bond motifs is 1. The van der Waals surface area contributed by atoms with Gasteiger partial charge in [0.15, 0.2) is 5.65 Å². The van der Waals surface area contributed by atoms with Crippen molar-refractivity contribution in [1.82, 2.24) is 15.2 Å². The van der Waals surface area contributed by atoms with E-state index in [1.54, 1.807) is 0 Å². The minimum atomic E-state index is -0.142. The summed E-state index contributed by atoms with van der Waals surface area (Å²) in [5, 5.41) is 20.1. The Morgan fingerprint density at radius 1 is 1.03 bits per heavy atom. The first-order chi connectivity index (χ1) is 13.9. The highest BCUT2D eigenvalue weighted by atomic mass is 16.3. The number of hydrogen-bond donors (Lipinski definition) is 3. The molecule has 2 aromatic heterocycles. The molecule has 4 rings (SSSR count). The molecule has 6 heteroatoms. The van der Waals surface area contributed by atoms with Gasteiger partial charge in [-0.15, -0.1) is 0 Å². The van der Waals surface area contributed by atoms with E-state index in [-0.39, 0.29) is 12.5 Å². The Balaban J connectivity index is 1.66. The summed E-state index contributed by atoms with van der Waals surface area (Å²) in [5.74, 6) is -0.142. The highest BCUT2D eigenvalue weighted by Gasteiger charge is 2.12. The number of rotatable bonds is 4. The topological polar surface area (TPSA) is 90.9 Å². The summed E-state index contributed by atoms with van der Waals surface area (Å²) in [7, 11) is 0. The van der Waals surface area contributed by atoms with Gasteiger partial charge in [0.2, 0.25) is 0 Å². The molecule has 3 N–H and O–H groups in total. The van der Waals surface area contributed by atoms with E-state index >= 15 is 0 Å². The number of nitrogens with zero attached hydrogens (tertiary/aromatic N) is 2. The molecule has 4 aromatic rings. The molecule has 1 amide bonds. The van der Waals surface area contributed by atoms with E-state index in [0.29, 0.717) is 22.6 Å². The second-order valence-corrected chi connectivity index (χ2v) is 7.28. The zero-order chi connectivity index (χ0) is 20.5. The van der Waals surface area contributed by atoms with Crippen LogP contribution in [0.15, 0.2) is 48.5 Å². The Labute approximate surface area is 168 Å². The molecule has 0 aliphatic rings. The third-order valence-corrected chi connectivity index (χ3v) is 4.91.